The summed E-state index contributed by atoms with van der Waals surface area (Å²) in [4.78, 5) is 4.08. The molecule has 0 aliphatic rings. The van der Waals surface area contributed by atoms with E-state index in [-0.39, 0.29) is 0 Å². The van der Waals surface area contributed by atoms with Crippen LogP contribution in [0.5, 0.6) is 5.75 Å². The molecule has 0 unspecified atom stereocenters. The number of unbranched alkanes of at least 4 members (excludes halogenated alkanes) is 1. The average Bonchev–Trinajstić information content (AvgIpc) is 2.84. The number of hydrogen-bond donors (Lipinski definition) is 1. The van der Waals surface area contributed by atoms with Crippen molar-refractivity contribution in [3.8, 4) is 17.1 Å². The number of nitrogens with zero attached hydrogens (tertiary/aromatic N) is 2. The molecule has 2 rings (SSSR count). The first-order valence-electron chi connectivity index (χ1n) is 5.48. The van der Waals surface area contributed by atoms with Crippen LogP contribution in [0, 0.1) is 0 Å². The summed E-state index contributed by atoms with van der Waals surface area (Å²) in [6.07, 6.45) is 3.74. The first-order chi connectivity index (χ1) is 7.90. The Bertz CT molecular complexity index is 408. The minimum Gasteiger partial charge on any atom is -0.494 e. The molecule has 1 heterocycles. The smallest absolute Gasteiger partial charge is 0.155 e. The normalized spacial score (nSPS) is 10.3. The van der Waals surface area contributed by atoms with E-state index in [0.717, 1.165) is 36.6 Å². The van der Waals surface area contributed by atoms with Crippen molar-refractivity contribution in [3.63, 3.8) is 0 Å². The fraction of sp³-hybridized carbons (Fsp3) is 0.333. The average molecular weight is 217 g/mol. The first-order valence-corrected chi connectivity index (χ1v) is 5.48. The van der Waals surface area contributed by atoms with Crippen molar-refractivity contribution >= 4 is 0 Å². The quantitative estimate of drug-likeness (QED) is 0.783. The van der Waals surface area contributed by atoms with Crippen molar-refractivity contribution < 1.29 is 4.74 Å². The summed E-state index contributed by atoms with van der Waals surface area (Å²) in [6.45, 7) is 2.93. The molecule has 1 aromatic heterocycles. The Morgan fingerprint density at radius 1 is 1.25 bits per heavy atom. The molecule has 0 radical (unpaired) electrons. The summed E-state index contributed by atoms with van der Waals surface area (Å²) in [5, 5.41) is 6.64. The van der Waals surface area contributed by atoms with Crippen LogP contribution in [-0.2, 0) is 0 Å². The van der Waals surface area contributed by atoms with Crippen LogP contribution in [0.1, 0.15) is 19.8 Å². The van der Waals surface area contributed by atoms with E-state index in [2.05, 4.69) is 22.1 Å². The second-order valence-corrected chi connectivity index (χ2v) is 3.56. The largest absolute Gasteiger partial charge is 0.494 e. The molecule has 0 atom stereocenters. The molecule has 2 aromatic rings. The van der Waals surface area contributed by atoms with Crippen LogP contribution in [-0.4, -0.2) is 21.8 Å². The minimum atomic E-state index is 0.776. The lowest BCUT2D eigenvalue weighted by molar-refractivity contribution is 0.309. The van der Waals surface area contributed by atoms with Crippen molar-refractivity contribution in [2.75, 3.05) is 6.61 Å². The standard InChI is InChI=1S/C12H15N3O/c1-2-3-8-16-11-6-4-10(5-7-11)12-13-9-14-15-12/h4-7,9H,2-3,8H2,1H3,(H,13,14,15). The molecule has 0 fully saturated rings. The van der Waals surface area contributed by atoms with Crippen LogP contribution in [0.2, 0.25) is 0 Å². The van der Waals surface area contributed by atoms with Gasteiger partial charge in [-0.2, -0.15) is 5.10 Å². The van der Waals surface area contributed by atoms with Crippen molar-refractivity contribution in [2.45, 2.75) is 19.8 Å². The molecule has 16 heavy (non-hydrogen) atoms. The number of nitrogens with one attached hydrogen (secondary N) is 1. The van der Waals surface area contributed by atoms with Gasteiger partial charge in [0.15, 0.2) is 5.82 Å². The monoisotopic (exact) mass is 217 g/mol. The molecule has 0 aliphatic heterocycles. The van der Waals surface area contributed by atoms with Crippen molar-refractivity contribution in [1.82, 2.24) is 15.2 Å². The van der Waals surface area contributed by atoms with E-state index < -0.39 is 0 Å². The van der Waals surface area contributed by atoms with Crippen LogP contribution in [0.25, 0.3) is 11.4 Å². The highest BCUT2D eigenvalue weighted by Gasteiger charge is 2.00. The van der Waals surface area contributed by atoms with Gasteiger partial charge in [0.2, 0.25) is 0 Å². The first kappa shape index (κ1) is 10.7. The highest BCUT2D eigenvalue weighted by molar-refractivity contribution is 5.55. The van der Waals surface area contributed by atoms with Gasteiger partial charge in [-0.3, -0.25) is 5.10 Å². The molecular formula is C12H15N3O. The molecule has 4 nitrogen and oxygen atoms in total. The van der Waals surface area contributed by atoms with Gasteiger partial charge in [0.25, 0.3) is 0 Å². The Morgan fingerprint density at radius 2 is 2.06 bits per heavy atom. The molecule has 4 heteroatoms. The Labute approximate surface area is 94.7 Å². The van der Waals surface area contributed by atoms with E-state index in [0.29, 0.717) is 0 Å². The Morgan fingerprint density at radius 3 is 2.69 bits per heavy atom. The van der Waals surface area contributed by atoms with Crippen LogP contribution < -0.4 is 4.74 Å². The molecule has 1 aromatic carbocycles. The number of rotatable bonds is 5. The SMILES string of the molecule is CCCCOc1ccc(-c2ncn[nH]2)cc1. The fourth-order valence-electron chi connectivity index (χ4n) is 1.39. The molecule has 0 amide bonds. The van der Waals surface area contributed by atoms with Crippen LogP contribution in [0.4, 0.5) is 0 Å². The minimum absolute atomic E-state index is 0.776. The molecule has 84 valence electrons. The van der Waals surface area contributed by atoms with E-state index in [1.165, 1.54) is 6.33 Å². The zero-order chi connectivity index (χ0) is 11.2. The van der Waals surface area contributed by atoms with Gasteiger partial charge in [0, 0.05) is 5.56 Å². The fourth-order valence-corrected chi connectivity index (χ4v) is 1.39. The topological polar surface area (TPSA) is 50.8 Å². The van der Waals surface area contributed by atoms with Crippen LogP contribution in [0.15, 0.2) is 30.6 Å². The predicted molar refractivity (Wildman–Crippen MR) is 62.2 cm³/mol. The van der Waals surface area contributed by atoms with E-state index in [9.17, 15) is 0 Å². The Hall–Kier alpha value is -1.84. The molecule has 0 spiro atoms. The molecule has 0 saturated heterocycles. The summed E-state index contributed by atoms with van der Waals surface area (Å²) in [5.74, 6) is 1.68. The summed E-state index contributed by atoms with van der Waals surface area (Å²) in [5.41, 5.74) is 1.01. The van der Waals surface area contributed by atoms with E-state index in [1.807, 2.05) is 24.3 Å². The van der Waals surface area contributed by atoms with Crippen LogP contribution >= 0.6 is 0 Å². The number of aromatic nitrogens is 3. The van der Waals surface area contributed by atoms with Gasteiger partial charge in [-0.05, 0) is 30.7 Å². The summed E-state index contributed by atoms with van der Waals surface area (Å²) < 4.78 is 5.57. The molecule has 0 aliphatic carbocycles. The summed E-state index contributed by atoms with van der Waals surface area (Å²) in [6, 6.07) is 7.85. The van der Waals surface area contributed by atoms with E-state index in [1.54, 1.807) is 0 Å². The molecule has 0 bridgehead atoms. The van der Waals surface area contributed by atoms with Gasteiger partial charge >= 0.3 is 0 Å². The van der Waals surface area contributed by atoms with Crippen LogP contribution in [0.3, 0.4) is 0 Å². The maximum absolute atomic E-state index is 5.57. The number of hydrogen-bond acceptors (Lipinski definition) is 3. The third-order valence-corrected chi connectivity index (χ3v) is 2.31. The maximum atomic E-state index is 5.57. The second kappa shape index (κ2) is 5.30. The highest BCUT2D eigenvalue weighted by atomic mass is 16.5. The van der Waals surface area contributed by atoms with Gasteiger partial charge in [0.1, 0.15) is 12.1 Å². The van der Waals surface area contributed by atoms with Gasteiger partial charge < -0.3 is 4.74 Å². The highest BCUT2D eigenvalue weighted by Crippen LogP contribution is 2.18. The summed E-state index contributed by atoms with van der Waals surface area (Å²) >= 11 is 0. The lowest BCUT2D eigenvalue weighted by Crippen LogP contribution is -1.96. The number of H-pyrrole nitrogens is 1. The third kappa shape index (κ3) is 2.59. The van der Waals surface area contributed by atoms with Gasteiger partial charge in [0.05, 0.1) is 6.61 Å². The maximum Gasteiger partial charge on any atom is 0.155 e. The number of aromatic amines is 1. The third-order valence-electron chi connectivity index (χ3n) is 2.31. The van der Waals surface area contributed by atoms with E-state index >= 15 is 0 Å². The van der Waals surface area contributed by atoms with E-state index in [4.69, 9.17) is 4.74 Å². The predicted octanol–water partition coefficient (Wildman–Crippen LogP) is 2.65. The molecule has 0 saturated carbocycles. The van der Waals surface area contributed by atoms with Crippen molar-refractivity contribution in [1.29, 1.82) is 0 Å². The van der Waals surface area contributed by atoms with Gasteiger partial charge in [-0.15, -0.1) is 0 Å². The number of benzene rings is 1. The lowest BCUT2D eigenvalue weighted by atomic mass is 10.2. The zero-order valence-electron chi connectivity index (χ0n) is 9.31. The lowest BCUT2D eigenvalue weighted by Gasteiger charge is -2.05. The van der Waals surface area contributed by atoms with Crippen molar-refractivity contribution in [3.05, 3.63) is 30.6 Å². The zero-order valence-corrected chi connectivity index (χ0v) is 9.31. The van der Waals surface area contributed by atoms with Gasteiger partial charge in [-0.1, -0.05) is 13.3 Å². The van der Waals surface area contributed by atoms with Crippen molar-refractivity contribution in [2.24, 2.45) is 0 Å². The Kier molecular flexibility index (Phi) is 3.53. The molecule has 1 N–H and O–H groups in total. The molecular weight excluding hydrogens is 202 g/mol. The summed E-state index contributed by atoms with van der Waals surface area (Å²) in [7, 11) is 0. The Balaban J connectivity index is 2.00. The van der Waals surface area contributed by atoms with Gasteiger partial charge in [-0.25, -0.2) is 4.98 Å². The number of ether oxygens (including phenoxy) is 1. The second-order valence-electron chi connectivity index (χ2n) is 3.56.